The SMILES string of the molecule is C[SiH2]OC1(CCCCC#N)CCC[Si](C)(C)O1. The Labute approximate surface area is 109 Å². The molecular formula is C12H25NO2Si2. The molecule has 0 aromatic carbocycles. The third-order valence-electron chi connectivity index (χ3n) is 3.30. The number of unbranched alkanes of at least 4 members (excludes halogenated alkanes) is 2. The van der Waals surface area contributed by atoms with E-state index >= 15 is 0 Å². The minimum Gasteiger partial charge on any atom is -0.398 e. The van der Waals surface area contributed by atoms with Crippen molar-refractivity contribution in [2.75, 3.05) is 0 Å². The largest absolute Gasteiger partial charge is 0.398 e. The molecule has 3 nitrogen and oxygen atoms in total. The molecule has 1 rings (SSSR count). The topological polar surface area (TPSA) is 42.2 Å². The van der Waals surface area contributed by atoms with E-state index in [4.69, 9.17) is 14.1 Å². The molecule has 0 N–H and O–H groups in total. The van der Waals surface area contributed by atoms with Crippen LogP contribution < -0.4 is 0 Å². The Bertz CT molecular complexity index is 274. The summed E-state index contributed by atoms with van der Waals surface area (Å²) in [5, 5.41) is 8.56. The summed E-state index contributed by atoms with van der Waals surface area (Å²) in [5.74, 6) is -0.273. The lowest BCUT2D eigenvalue weighted by molar-refractivity contribution is -0.142. The van der Waals surface area contributed by atoms with Crippen LogP contribution in [-0.2, 0) is 8.85 Å². The second-order valence-corrected chi connectivity index (χ2v) is 10.5. The van der Waals surface area contributed by atoms with Gasteiger partial charge in [-0.15, -0.1) is 0 Å². The van der Waals surface area contributed by atoms with Crippen LogP contribution in [0, 0.1) is 11.3 Å². The minimum atomic E-state index is -1.50. The van der Waals surface area contributed by atoms with Crippen molar-refractivity contribution in [3.8, 4) is 6.07 Å². The summed E-state index contributed by atoms with van der Waals surface area (Å²) in [7, 11) is -1.94. The molecule has 0 spiro atoms. The molecule has 17 heavy (non-hydrogen) atoms. The van der Waals surface area contributed by atoms with Crippen LogP contribution in [-0.4, -0.2) is 23.9 Å². The molecule has 0 bridgehead atoms. The van der Waals surface area contributed by atoms with E-state index in [1.165, 1.54) is 12.5 Å². The first-order chi connectivity index (χ1) is 8.04. The Morgan fingerprint density at radius 3 is 2.82 bits per heavy atom. The molecule has 1 aliphatic rings. The van der Waals surface area contributed by atoms with Crippen LogP contribution in [0.5, 0.6) is 0 Å². The van der Waals surface area contributed by atoms with Gasteiger partial charge in [-0.3, -0.25) is 0 Å². The van der Waals surface area contributed by atoms with Gasteiger partial charge in [-0.2, -0.15) is 5.26 Å². The lowest BCUT2D eigenvalue weighted by Gasteiger charge is -2.45. The van der Waals surface area contributed by atoms with Gasteiger partial charge in [-0.05, 0) is 51.2 Å². The van der Waals surface area contributed by atoms with Crippen LogP contribution in [0.15, 0.2) is 0 Å². The van der Waals surface area contributed by atoms with Gasteiger partial charge in [0.2, 0.25) is 0 Å². The zero-order valence-electron chi connectivity index (χ0n) is 11.4. The van der Waals surface area contributed by atoms with E-state index in [0.717, 1.165) is 25.7 Å². The zero-order valence-corrected chi connectivity index (χ0v) is 13.8. The first-order valence-corrected chi connectivity index (χ1v) is 11.9. The van der Waals surface area contributed by atoms with E-state index in [1.807, 2.05) is 0 Å². The van der Waals surface area contributed by atoms with Crippen LogP contribution in [0.25, 0.3) is 0 Å². The molecule has 0 radical (unpaired) electrons. The fourth-order valence-corrected chi connectivity index (χ4v) is 5.99. The molecule has 1 saturated heterocycles. The zero-order chi connectivity index (χ0) is 12.8. The lowest BCUT2D eigenvalue weighted by Crippen LogP contribution is -2.50. The van der Waals surface area contributed by atoms with Gasteiger partial charge in [0.05, 0.1) is 6.07 Å². The Balaban J connectivity index is 2.52. The normalized spacial score (nSPS) is 28.4. The minimum absolute atomic E-state index is 0.273. The van der Waals surface area contributed by atoms with Crippen molar-refractivity contribution in [1.82, 2.24) is 0 Å². The Morgan fingerprint density at radius 1 is 1.47 bits per heavy atom. The van der Waals surface area contributed by atoms with E-state index in [2.05, 4.69) is 25.7 Å². The monoisotopic (exact) mass is 271 g/mol. The average Bonchev–Trinajstić information content (AvgIpc) is 2.23. The van der Waals surface area contributed by atoms with Crippen molar-refractivity contribution >= 4 is 18.1 Å². The third kappa shape index (κ3) is 4.92. The predicted molar refractivity (Wildman–Crippen MR) is 74.9 cm³/mol. The molecule has 0 aromatic rings. The first-order valence-electron chi connectivity index (χ1n) is 6.75. The van der Waals surface area contributed by atoms with E-state index in [9.17, 15) is 0 Å². The Kier molecular flexibility index (Phi) is 5.86. The smallest absolute Gasteiger partial charge is 0.190 e. The quantitative estimate of drug-likeness (QED) is 0.551. The molecule has 0 aromatic heterocycles. The van der Waals surface area contributed by atoms with E-state index in [-0.39, 0.29) is 5.79 Å². The van der Waals surface area contributed by atoms with Gasteiger partial charge in [-0.1, -0.05) is 6.55 Å². The van der Waals surface area contributed by atoms with E-state index < -0.39 is 18.1 Å². The molecule has 0 amide bonds. The fraction of sp³-hybridized carbons (Fsp3) is 0.917. The van der Waals surface area contributed by atoms with Crippen molar-refractivity contribution in [3.05, 3.63) is 0 Å². The highest BCUT2D eigenvalue weighted by atomic mass is 28.4. The molecule has 1 unspecified atom stereocenters. The van der Waals surface area contributed by atoms with Gasteiger partial charge in [0.25, 0.3) is 0 Å². The van der Waals surface area contributed by atoms with Gasteiger partial charge in [0.15, 0.2) is 18.1 Å². The molecule has 1 fully saturated rings. The maximum atomic E-state index is 8.56. The highest BCUT2D eigenvalue weighted by molar-refractivity contribution is 6.71. The summed E-state index contributed by atoms with van der Waals surface area (Å²) in [5.41, 5.74) is 0. The molecule has 98 valence electrons. The van der Waals surface area contributed by atoms with Gasteiger partial charge in [-0.25, -0.2) is 0 Å². The lowest BCUT2D eigenvalue weighted by atomic mass is 10.0. The fourth-order valence-electron chi connectivity index (χ4n) is 2.60. The van der Waals surface area contributed by atoms with Crippen LogP contribution >= 0.6 is 0 Å². The maximum Gasteiger partial charge on any atom is 0.190 e. The molecule has 5 heteroatoms. The second kappa shape index (κ2) is 6.69. The Hall–Kier alpha value is -0.156. The van der Waals surface area contributed by atoms with Gasteiger partial charge in [0.1, 0.15) is 5.79 Å². The summed E-state index contributed by atoms with van der Waals surface area (Å²) < 4.78 is 12.4. The second-order valence-electron chi connectivity index (χ2n) is 5.42. The standard InChI is InChI=1S/C12H25NO2Si2/c1-16-14-12(8-5-4-6-10-13)9-7-11-17(2,3)15-12/h4-9,11,16H2,1-3H3. The van der Waals surface area contributed by atoms with Crippen molar-refractivity contribution in [2.45, 2.75) is 70.0 Å². The summed E-state index contributed by atoms with van der Waals surface area (Å²) in [4.78, 5) is 0. The van der Waals surface area contributed by atoms with Crippen LogP contribution in [0.1, 0.15) is 38.5 Å². The number of nitriles is 1. The van der Waals surface area contributed by atoms with Crippen molar-refractivity contribution in [1.29, 1.82) is 5.26 Å². The van der Waals surface area contributed by atoms with Gasteiger partial charge < -0.3 is 8.85 Å². The van der Waals surface area contributed by atoms with Gasteiger partial charge >= 0.3 is 0 Å². The summed E-state index contributed by atoms with van der Waals surface area (Å²) in [6, 6.07) is 3.45. The molecule has 0 saturated carbocycles. The van der Waals surface area contributed by atoms with E-state index in [0.29, 0.717) is 6.42 Å². The highest BCUT2D eigenvalue weighted by Crippen LogP contribution is 2.37. The van der Waals surface area contributed by atoms with Crippen molar-refractivity contribution in [2.24, 2.45) is 0 Å². The predicted octanol–water partition coefficient (Wildman–Crippen LogP) is 2.93. The number of hydrogen-bond donors (Lipinski definition) is 0. The molecule has 1 heterocycles. The van der Waals surface area contributed by atoms with Crippen molar-refractivity contribution < 1.29 is 8.85 Å². The number of hydrogen-bond acceptors (Lipinski definition) is 3. The molecule has 1 aliphatic heterocycles. The Morgan fingerprint density at radius 2 is 2.24 bits per heavy atom. The van der Waals surface area contributed by atoms with Crippen molar-refractivity contribution in [3.63, 3.8) is 0 Å². The van der Waals surface area contributed by atoms with Gasteiger partial charge in [0, 0.05) is 6.42 Å². The molecule has 1 atom stereocenters. The van der Waals surface area contributed by atoms with E-state index in [1.54, 1.807) is 0 Å². The summed E-state index contributed by atoms with van der Waals surface area (Å²) in [6.45, 7) is 6.75. The first kappa shape index (κ1) is 14.9. The van der Waals surface area contributed by atoms with Crippen LogP contribution in [0.3, 0.4) is 0 Å². The summed E-state index contributed by atoms with van der Waals surface area (Å²) >= 11 is 0. The maximum absolute atomic E-state index is 8.56. The molecular weight excluding hydrogens is 246 g/mol. The molecule has 0 aliphatic carbocycles. The highest BCUT2D eigenvalue weighted by Gasteiger charge is 2.41. The average molecular weight is 272 g/mol. The number of rotatable bonds is 6. The van der Waals surface area contributed by atoms with Crippen LogP contribution in [0.2, 0.25) is 25.7 Å². The van der Waals surface area contributed by atoms with Crippen LogP contribution in [0.4, 0.5) is 0 Å². The number of nitrogens with zero attached hydrogens (tertiary/aromatic N) is 1. The third-order valence-corrected chi connectivity index (χ3v) is 6.60. The summed E-state index contributed by atoms with van der Waals surface area (Å²) in [6.07, 6.45) is 5.94.